The summed E-state index contributed by atoms with van der Waals surface area (Å²) in [5.41, 5.74) is 5.42. The molecule has 0 bridgehead atoms. The second-order valence-corrected chi connectivity index (χ2v) is 5.67. The van der Waals surface area contributed by atoms with Crippen molar-refractivity contribution in [2.75, 3.05) is 13.1 Å². The summed E-state index contributed by atoms with van der Waals surface area (Å²) in [6, 6.07) is 0.500. The first-order chi connectivity index (χ1) is 7.35. The van der Waals surface area contributed by atoms with Crippen LogP contribution in [0.5, 0.6) is 0 Å². The average molecular weight is 227 g/mol. The van der Waals surface area contributed by atoms with Crippen LogP contribution in [-0.4, -0.2) is 41.5 Å². The van der Waals surface area contributed by atoms with Crippen molar-refractivity contribution >= 4 is 5.91 Å². The highest BCUT2D eigenvalue weighted by Gasteiger charge is 2.35. The minimum absolute atomic E-state index is 0.0738. The van der Waals surface area contributed by atoms with Crippen LogP contribution in [0, 0.1) is 0 Å². The van der Waals surface area contributed by atoms with Crippen LogP contribution >= 0.6 is 0 Å². The molecule has 1 amide bonds. The van der Waals surface area contributed by atoms with Crippen LogP contribution in [0.3, 0.4) is 0 Å². The van der Waals surface area contributed by atoms with Gasteiger partial charge in [0.25, 0.3) is 0 Å². The third kappa shape index (κ3) is 4.10. The van der Waals surface area contributed by atoms with Gasteiger partial charge in [0, 0.05) is 24.7 Å². The molecule has 16 heavy (non-hydrogen) atoms. The smallest absolute Gasteiger partial charge is 0.237 e. The van der Waals surface area contributed by atoms with E-state index in [2.05, 4.69) is 10.2 Å². The molecule has 0 aromatic carbocycles. The van der Waals surface area contributed by atoms with Crippen molar-refractivity contribution in [1.29, 1.82) is 0 Å². The predicted octanol–water partition coefficient (Wildman–Crippen LogP) is 0.713. The van der Waals surface area contributed by atoms with E-state index >= 15 is 0 Å². The Bertz CT molecular complexity index is 243. The summed E-state index contributed by atoms with van der Waals surface area (Å²) in [5.74, 6) is 0.104. The van der Waals surface area contributed by atoms with Crippen LogP contribution in [0.1, 0.15) is 40.5 Å². The second-order valence-electron chi connectivity index (χ2n) is 5.67. The number of carbonyl (C=O) groups is 1. The number of nitrogens with two attached hydrogens (primary N) is 1. The molecule has 0 spiro atoms. The van der Waals surface area contributed by atoms with Gasteiger partial charge in [-0.25, -0.2) is 0 Å². The molecule has 1 saturated carbocycles. The molecule has 3 N–H and O–H groups in total. The monoisotopic (exact) mass is 227 g/mol. The molecule has 1 aliphatic rings. The Kier molecular flexibility index (Phi) is 4.33. The van der Waals surface area contributed by atoms with Crippen molar-refractivity contribution in [2.24, 2.45) is 5.73 Å². The van der Waals surface area contributed by atoms with Gasteiger partial charge in [-0.1, -0.05) is 0 Å². The molecule has 0 heterocycles. The molecular formula is C12H25N3O. The normalized spacial score (nSPS) is 18.6. The average Bonchev–Trinajstić information content (AvgIpc) is 2.93. The molecule has 1 rings (SSSR count). The Hall–Kier alpha value is -0.610. The summed E-state index contributed by atoms with van der Waals surface area (Å²) in [4.78, 5) is 14.2. The Morgan fingerprint density at radius 2 is 2.06 bits per heavy atom. The largest absolute Gasteiger partial charge is 0.350 e. The van der Waals surface area contributed by atoms with E-state index < -0.39 is 0 Å². The molecular weight excluding hydrogens is 202 g/mol. The summed E-state index contributed by atoms with van der Waals surface area (Å²) in [6.07, 6.45) is 2.40. The van der Waals surface area contributed by atoms with Gasteiger partial charge in [0.05, 0.1) is 6.04 Å². The van der Waals surface area contributed by atoms with Crippen LogP contribution in [0.4, 0.5) is 0 Å². The van der Waals surface area contributed by atoms with E-state index in [0.717, 1.165) is 6.54 Å². The maximum atomic E-state index is 12.0. The second kappa shape index (κ2) is 5.15. The molecule has 0 radical (unpaired) electrons. The van der Waals surface area contributed by atoms with Gasteiger partial charge in [0.2, 0.25) is 5.91 Å². The zero-order valence-electron chi connectivity index (χ0n) is 10.9. The lowest BCUT2D eigenvalue weighted by Crippen LogP contribution is -2.52. The number of rotatable bonds is 5. The molecule has 0 aliphatic heterocycles. The first-order valence-corrected chi connectivity index (χ1v) is 6.13. The number of nitrogens with zero attached hydrogens (tertiary/aromatic N) is 1. The Morgan fingerprint density at radius 3 is 2.44 bits per heavy atom. The summed E-state index contributed by atoms with van der Waals surface area (Å²) < 4.78 is 0. The minimum Gasteiger partial charge on any atom is -0.350 e. The highest BCUT2D eigenvalue weighted by molar-refractivity contribution is 5.82. The fourth-order valence-corrected chi connectivity index (χ4v) is 1.87. The topological polar surface area (TPSA) is 58.4 Å². The van der Waals surface area contributed by atoms with Crippen LogP contribution in [-0.2, 0) is 4.79 Å². The van der Waals surface area contributed by atoms with Crippen molar-refractivity contribution in [1.82, 2.24) is 10.2 Å². The lowest BCUT2D eigenvalue weighted by molar-refractivity contribution is -0.127. The maximum Gasteiger partial charge on any atom is 0.237 e. The molecule has 1 fully saturated rings. The van der Waals surface area contributed by atoms with Crippen LogP contribution in [0.25, 0.3) is 0 Å². The first kappa shape index (κ1) is 13.5. The first-order valence-electron chi connectivity index (χ1n) is 6.13. The third-order valence-corrected chi connectivity index (χ3v) is 2.78. The van der Waals surface area contributed by atoms with Crippen molar-refractivity contribution in [3.8, 4) is 0 Å². The van der Waals surface area contributed by atoms with Gasteiger partial charge in [-0.2, -0.15) is 0 Å². The number of carbonyl (C=O) groups excluding carboxylic acids is 1. The molecule has 0 aromatic rings. The quantitative estimate of drug-likeness (QED) is 0.727. The van der Waals surface area contributed by atoms with E-state index in [9.17, 15) is 4.79 Å². The van der Waals surface area contributed by atoms with Crippen molar-refractivity contribution in [2.45, 2.75) is 58.2 Å². The standard InChI is InChI=1S/C12H25N3O/c1-9(11(16)14-12(2,3)4)15(8-7-13)10-5-6-10/h9-10H,5-8,13H2,1-4H3,(H,14,16). The fourth-order valence-electron chi connectivity index (χ4n) is 1.87. The maximum absolute atomic E-state index is 12.0. The van der Waals surface area contributed by atoms with Gasteiger partial charge in [0.15, 0.2) is 0 Å². The summed E-state index contributed by atoms with van der Waals surface area (Å²) >= 11 is 0. The molecule has 94 valence electrons. The van der Waals surface area contributed by atoms with Crippen molar-refractivity contribution in [3.05, 3.63) is 0 Å². The molecule has 1 unspecified atom stereocenters. The van der Waals surface area contributed by atoms with E-state index in [1.807, 2.05) is 27.7 Å². The number of hydrogen-bond acceptors (Lipinski definition) is 3. The summed E-state index contributed by atoms with van der Waals surface area (Å²) in [7, 11) is 0. The van der Waals surface area contributed by atoms with Crippen molar-refractivity contribution < 1.29 is 4.79 Å². The number of nitrogens with one attached hydrogen (secondary N) is 1. The minimum atomic E-state index is -0.163. The number of hydrogen-bond donors (Lipinski definition) is 2. The lowest BCUT2D eigenvalue weighted by atomic mass is 10.1. The van der Waals surface area contributed by atoms with Crippen LogP contribution in [0.15, 0.2) is 0 Å². The molecule has 4 nitrogen and oxygen atoms in total. The predicted molar refractivity (Wildman–Crippen MR) is 66.1 cm³/mol. The van der Waals surface area contributed by atoms with Crippen molar-refractivity contribution in [3.63, 3.8) is 0 Å². The number of amides is 1. The molecule has 1 atom stereocenters. The Balaban J connectivity index is 2.52. The molecule has 1 aliphatic carbocycles. The Morgan fingerprint density at radius 1 is 1.50 bits per heavy atom. The Labute approximate surface area is 98.6 Å². The van der Waals surface area contributed by atoms with Gasteiger partial charge < -0.3 is 11.1 Å². The molecule has 0 saturated heterocycles. The third-order valence-electron chi connectivity index (χ3n) is 2.78. The zero-order chi connectivity index (χ0) is 12.3. The lowest BCUT2D eigenvalue weighted by Gasteiger charge is -2.30. The van der Waals surface area contributed by atoms with E-state index in [-0.39, 0.29) is 17.5 Å². The summed E-state index contributed by atoms with van der Waals surface area (Å²) in [5, 5.41) is 3.02. The molecule has 4 heteroatoms. The van der Waals surface area contributed by atoms with Crippen LogP contribution in [0.2, 0.25) is 0 Å². The van der Waals surface area contributed by atoms with E-state index in [0.29, 0.717) is 12.6 Å². The van der Waals surface area contributed by atoms with E-state index in [4.69, 9.17) is 5.73 Å². The van der Waals surface area contributed by atoms with E-state index in [1.165, 1.54) is 12.8 Å². The van der Waals surface area contributed by atoms with Gasteiger partial charge in [-0.05, 0) is 40.5 Å². The van der Waals surface area contributed by atoms with Gasteiger partial charge in [-0.15, -0.1) is 0 Å². The highest BCUT2D eigenvalue weighted by Crippen LogP contribution is 2.28. The fraction of sp³-hybridized carbons (Fsp3) is 0.917. The van der Waals surface area contributed by atoms with Crippen LogP contribution < -0.4 is 11.1 Å². The SMILES string of the molecule is CC(C(=O)NC(C)(C)C)N(CCN)C1CC1. The highest BCUT2D eigenvalue weighted by atomic mass is 16.2. The summed E-state index contributed by atoms with van der Waals surface area (Å²) in [6.45, 7) is 9.40. The molecule has 0 aromatic heterocycles. The van der Waals surface area contributed by atoms with Gasteiger partial charge in [-0.3, -0.25) is 9.69 Å². The van der Waals surface area contributed by atoms with Gasteiger partial charge >= 0.3 is 0 Å². The van der Waals surface area contributed by atoms with E-state index in [1.54, 1.807) is 0 Å². The van der Waals surface area contributed by atoms with Gasteiger partial charge in [0.1, 0.15) is 0 Å². The zero-order valence-corrected chi connectivity index (χ0v) is 10.9.